The van der Waals surface area contributed by atoms with Crippen LogP contribution in [-0.2, 0) is 0 Å². The summed E-state index contributed by atoms with van der Waals surface area (Å²) in [5.41, 5.74) is 4.27. The van der Waals surface area contributed by atoms with Crippen molar-refractivity contribution in [1.82, 2.24) is 5.32 Å². The molecule has 1 fully saturated rings. The molecule has 0 aromatic heterocycles. The molecule has 2 aromatic carbocycles. The second-order valence-corrected chi connectivity index (χ2v) is 7.08. The average molecular weight is 344 g/mol. The lowest BCUT2D eigenvalue weighted by Gasteiger charge is -2.38. The Kier molecular flexibility index (Phi) is 4.46. The first-order chi connectivity index (χ1) is 10.1. The highest BCUT2D eigenvalue weighted by Crippen LogP contribution is 2.38. The van der Waals surface area contributed by atoms with Crippen molar-refractivity contribution in [3.8, 4) is 0 Å². The van der Waals surface area contributed by atoms with Gasteiger partial charge in [-0.3, -0.25) is 0 Å². The maximum Gasteiger partial charge on any atom is 0.0296 e. The van der Waals surface area contributed by atoms with E-state index in [1.54, 1.807) is 0 Å². The van der Waals surface area contributed by atoms with Gasteiger partial charge in [-0.15, -0.1) is 0 Å². The van der Waals surface area contributed by atoms with Gasteiger partial charge in [0.15, 0.2) is 0 Å². The van der Waals surface area contributed by atoms with E-state index in [-0.39, 0.29) is 0 Å². The van der Waals surface area contributed by atoms with Gasteiger partial charge in [0, 0.05) is 16.6 Å². The van der Waals surface area contributed by atoms with Crippen molar-refractivity contribution in [1.29, 1.82) is 0 Å². The zero-order chi connectivity index (χ0) is 14.8. The van der Waals surface area contributed by atoms with Gasteiger partial charge in [-0.25, -0.2) is 0 Å². The minimum absolute atomic E-state index is 0.432. The highest BCUT2D eigenvalue weighted by molar-refractivity contribution is 9.10. The molecule has 0 radical (unpaired) electrons. The number of aryl methyl sites for hydroxylation is 1. The Balaban J connectivity index is 1.55. The fourth-order valence-corrected chi connectivity index (χ4v) is 3.54. The summed E-state index contributed by atoms with van der Waals surface area (Å²) in [5, 5.41) is 3.78. The Labute approximate surface area is 135 Å². The minimum atomic E-state index is 0.432. The molecule has 1 N–H and O–H groups in total. The normalized spacial score (nSPS) is 22.6. The molecule has 21 heavy (non-hydrogen) atoms. The maximum absolute atomic E-state index is 3.78. The Morgan fingerprint density at radius 2 is 1.71 bits per heavy atom. The summed E-state index contributed by atoms with van der Waals surface area (Å²) in [4.78, 5) is 0. The highest BCUT2D eigenvalue weighted by Gasteiger charge is 2.31. The fourth-order valence-electron chi connectivity index (χ4n) is 3.28. The van der Waals surface area contributed by atoms with Crippen LogP contribution in [-0.4, -0.2) is 6.04 Å². The second-order valence-electron chi connectivity index (χ2n) is 6.16. The van der Waals surface area contributed by atoms with Crippen molar-refractivity contribution in [2.75, 3.05) is 0 Å². The summed E-state index contributed by atoms with van der Waals surface area (Å²) in [5.74, 6) is 0.722. The molecule has 1 atom stereocenters. The third-order valence-corrected chi connectivity index (χ3v) is 5.15. The lowest BCUT2D eigenvalue weighted by atomic mass is 9.75. The van der Waals surface area contributed by atoms with Crippen LogP contribution in [0.1, 0.15) is 48.4 Å². The number of rotatable bonds is 4. The van der Waals surface area contributed by atoms with Crippen LogP contribution >= 0.6 is 15.9 Å². The lowest BCUT2D eigenvalue weighted by molar-refractivity contribution is 0.270. The Morgan fingerprint density at radius 3 is 2.38 bits per heavy atom. The van der Waals surface area contributed by atoms with Gasteiger partial charge in [-0.1, -0.05) is 52.3 Å². The van der Waals surface area contributed by atoms with E-state index in [9.17, 15) is 0 Å². The standard InChI is InChI=1S/C19H22BrN/c1-13-5-3-4-6-19(13)14(2)21-18-11-16(12-18)15-7-9-17(20)10-8-15/h3-10,14,16,18,21H,11-12H2,1-2H3/t14-,16?,18?/m0/s1. The van der Waals surface area contributed by atoms with Crippen LogP contribution in [0, 0.1) is 6.92 Å². The van der Waals surface area contributed by atoms with Crippen molar-refractivity contribution in [2.24, 2.45) is 0 Å². The zero-order valence-electron chi connectivity index (χ0n) is 12.6. The number of benzene rings is 2. The third kappa shape index (κ3) is 3.38. The smallest absolute Gasteiger partial charge is 0.0296 e. The maximum atomic E-state index is 3.78. The molecule has 2 aromatic rings. The van der Waals surface area contributed by atoms with Crippen LogP contribution in [0.4, 0.5) is 0 Å². The van der Waals surface area contributed by atoms with E-state index in [0.717, 1.165) is 10.4 Å². The number of hydrogen-bond donors (Lipinski definition) is 1. The molecule has 3 rings (SSSR count). The minimum Gasteiger partial charge on any atom is -0.307 e. The van der Waals surface area contributed by atoms with Crippen molar-refractivity contribution < 1.29 is 0 Å². The lowest BCUT2D eigenvalue weighted by Crippen LogP contribution is -2.41. The van der Waals surface area contributed by atoms with E-state index < -0.39 is 0 Å². The van der Waals surface area contributed by atoms with Gasteiger partial charge in [-0.2, -0.15) is 0 Å². The summed E-state index contributed by atoms with van der Waals surface area (Å²) in [6.07, 6.45) is 2.50. The van der Waals surface area contributed by atoms with Gasteiger partial charge in [0.25, 0.3) is 0 Å². The van der Waals surface area contributed by atoms with Gasteiger partial charge in [0.2, 0.25) is 0 Å². The van der Waals surface area contributed by atoms with E-state index in [1.165, 1.54) is 29.5 Å². The first kappa shape index (κ1) is 14.8. The molecule has 1 aliphatic rings. The quantitative estimate of drug-likeness (QED) is 0.788. The van der Waals surface area contributed by atoms with E-state index in [2.05, 4.69) is 83.6 Å². The Morgan fingerprint density at radius 1 is 1.05 bits per heavy atom. The first-order valence-electron chi connectivity index (χ1n) is 7.70. The highest BCUT2D eigenvalue weighted by atomic mass is 79.9. The number of nitrogens with one attached hydrogen (secondary N) is 1. The molecule has 0 bridgehead atoms. The fraction of sp³-hybridized carbons (Fsp3) is 0.368. The van der Waals surface area contributed by atoms with E-state index in [1.807, 2.05) is 0 Å². The Bertz CT molecular complexity index is 599. The average Bonchev–Trinajstić information content (AvgIpc) is 2.44. The molecule has 1 nitrogen and oxygen atoms in total. The van der Waals surface area contributed by atoms with Crippen LogP contribution in [0.15, 0.2) is 53.0 Å². The molecular weight excluding hydrogens is 322 g/mol. The molecule has 110 valence electrons. The largest absolute Gasteiger partial charge is 0.307 e. The zero-order valence-corrected chi connectivity index (χ0v) is 14.2. The summed E-state index contributed by atoms with van der Waals surface area (Å²) in [6.45, 7) is 4.47. The molecule has 0 spiro atoms. The summed E-state index contributed by atoms with van der Waals surface area (Å²) in [6, 6.07) is 18.5. The molecule has 1 aliphatic carbocycles. The van der Waals surface area contributed by atoms with Crippen molar-refractivity contribution in [3.05, 3.63) is 69.7 Å². The van der Waals surface area contributed by atoms with Crippen molar-refractivity contribution >= 4 is 15.9 Å². The van der Waals surface area contributed by atoms with Crippen LogP contribution in [0.2, 0.25) is 0 Å². The molecule has 0 heterocycles. The van der Waals surface area contributed by atoms with Crippen LogP contribution < -0.4 is 5.32 Å². The molecule has 0 aliphatic heterocycles. The van der Waals surface area contributed by atoms with Crippen LogP contribution in [0.25, 0.3) is 0 Å². The predicted octanol–water partition coefficient (Wildman–Crippen LogP) is 5.35. The molecule has 1 saturated carbocycles. The van der Waals surface area contributed by atoms with Gasteiger partial charge in [-0.05, 0) is 61.4 Å². The van der Waals surface area contributed by atoms with E-state index >= 15 is 0 Å². The molecule has 0 unspecified atom stereocenters. The SMILES string of the molecule is Cc1ccccc1[C@H](C)NC1CC(c2ccc(Br)cc2)C1. The van der Waals surface area contributed by atoms with Gasteiger partial charge in [0.05, 0.1) is 0 Å². The third-order valence-electron chi connectivity index (χ3n) is 4.62. The van der Waals surface area contributed by atoms with Crippen LogP contribution in [0.3, 0.4) is 0 Å². The van der Waals surface area contributed by atoms with Gasteiger partial charge >= 0.3 is 0 Å². The number of hydrogen-bond acceptors (Lipinski definition) is 1. The van der Waals surface area contributed by atoms with Gasteiger partial charge in [0.1, 0.15) is 0 Å². The summed E-state index contributed by atoms with van der Waals surface area (Å²) < 4.78 is 1.16. The second kappa shape index (κ2) is 6.33. The molecular formula is C19H22BrN. The van der Waals surface area contributed by atoms with E-state index in [0.29, 0.717) is 12.1 Å². The summed E-state index contributed by atoms with van der Waals surface area (Å²) in [7, 11) is 0. The summed E-state index contributed by atoms with van der Waals surface area (Å²) >= 11 is 3.50. The molecule has 0 saturated heterocycles. The first-order valence-corrected chi connectivity index (χ1v) is 8.50. The number of halogens is 1. The Hall–Kier alpha value is -1.12. The predicted molar refractivity (Wildman–Crippen MR) is 92.6 cm³/mol. The van der Waals surface area contributed by atoms with E-state index in [4.69, 9.17) is 0 Å². The molecule has 0 amide bonds. The topological polar surface area (TPSA) is 12.0 Å². The van der Waals surface area contributed by atoms with Gasteiger partial charge < -0.3 is 5.32 Å². The van der Waals surface area contributed by atoms with Crippen LogP contribution in [0.5, 0.6) is 0 Å². The van der Waals surface area contributed by atoms with Crippen molar-refractivity contribution in [2.45, 2.75) is 44.7 Å². The molecule has 2 heteroatoms. The van der Waals surface area contributed by atoms with Crippen molar-refractivity contribution in [3.63, 3.8) is 0 Å². The monoisotopic (exact) mass is 343 g/mol.